The van der Waals surface area contributed by atoms with Crippen LogP contribution < -0.4 is 5.56 Å². The molecule has 9 heteroatoms. The summed E-state index contributed by atoms with van der Waals surface area (Å²) >= 11 is 0. The molecule has 0 unspecified atom stereocenters. The number of para-hydroxylation sites is 1. The largest absolute Gasteiger partial charge is 0.295 e. The first-order chi connectivity index (χ1) is 12.4. The zero-order valence-corrected chi connectivity index (χ0v) is 15.3. The Morgan fingerprint density at radius 3 is 2.54 bits per heavy atom. The third-order valence-electron chi connectivity index (χ3n) is 4.69. The van der Waals surface area contributed by atoms with Gasteiger partial charge >= 0.3 is 0 Å². The Labute approximate surface area is 150 Å². The Morgan fingerprint density at radius 2 is 1.88 bits per heavy atom. The average Bonchev–Trinajstić information content (AvgIpc) is 3.15. The van der Waals surface area contributed by atoms with Crippen LogP contribution in [0.3, 0.4) is 0 Å². The zero-order chi connectivity index (χ0) is 18.5. The number of nitrogens with zero attached hydrogens (tertiary/aromatic N) is 3. The molecule has 0 spiro atoms. The summed E-state index contributed by atoms with van der Waals surface area (Å²) in [4.78, 5) is 13.0. The molecule has 4 rings (SSSR count). The zero-order valence-electron chi connectivity index (χ0n) is 14.5. The molecule has 1 aliphatic heterocycles. The van der Waals surface area contributed by atoms with Crippen molar-refractivity contribution in [1.82, 2.24) is 24.3 Å². The van der Waals surface area contributed by atoms with Gasteiger partial charge in [0.25, 0.3) is 5.56 Å². The van der Waals surface area contributed by atoms with E-state index in [0.29, 0.717) is 29.9 Å². The summed E-state index contributed by atoms with van der Waals surface area (Å²) in [6.45, 7) is 3.70. The molecular formula is C17H19N5O3S. The quantitative estimate of drug-likeness (QED) is 0.721. The SMILES string of the molecule is Cc1n[nH]c(C)c1S(=O)(=O)N1CCc2[nH]n(-c3ccccc3)c(=O)c2C1. The van der Waals surface area contributed by atoms with Crippen LogP contribution in [0.25, 0.3) is 5.69 Å². The van der Waals surface area contributed by atoms with Gasteiger partial charge < -0.3 is 0 Å². The molecule has 2 N–H and O–H groups in total. The van der Waals surface area contributed by atoms with E-state index in [1.54, 1.807) is 13.8 Å². The number of aromatic nitrogens is 4. The standard InChI is InChI=1S/C17H19N5O3S/c1-11-16(12(2)19-18-11)26(24,25)21-9-8-15-14(10-21)17(23)22(20-15)13-6-4-3-5-7-13/h3-7,20H,8-10H2,1-2H3,(H,18,19). The number of sulfonamides is 1. The normalized spacial score (nSPS) is 15.2. The summed E-state index contributed by atoms with van der Waals surface area (Å²) in [5, 5.41) is 9.80. The first-order valence-electron chi connectivity index (χ1n) is 8.29. The van der Waals surface area contributed by atoms with Crippen LogP contribution in [-0.4, -0.2) is 39.2 Å². The van der Waals surface area contributed by atoms with Crippen LogP contribution in [0.1, 0.15) is 22.6 Å². The molecule has 0 radical (unpaired) electrons. The monoisotopic (exact) mass is 373 g/mol. The highest BCUT2D eigenvalue weighted by Gasteiger charge is 2.34. The number of hydrogen-bond donors (Lipinski definition) is 2. The number of fused-ring (bicyclic) bond motifs is 1. The molecule has 0 bridgehead atoms. The third-order valence-corrected chi connectivity index (χ3v) is 6.80. The van der Waals surface area contributed by atoms with Gasteiger partial charge in [0, 0.05) is 25.2 Å². The number of H-pyrrole nitrogens is 2. The van der Waals surface area contributed by atoms with Gasteiger partial charge in [-0.2, -0.15) is 9.40 Å². The van der Waals surface area contributed by atoms with Crippen molar-refractivity contribution in [2.45, 2.75) is 31.7 Å². The minimum absolute atomic E-state index is 0.0525. The van der Waals surface area contributed by atoms with E-state index >= 15 is 0 Å². The summed E-state index contributed by atoms with van der Waals surface area (Å²) in [6, 6.07) is 9.24. The minimum atomic E-state index is -3.72. The van der Waals surface area contributed by atoms with Crippen molar-refractivity contribution >= 4 is 10.0 Å². The van der Waals surface area contributed by atoms with E-state index in [-0.39, 0.29) is 17.0 Å². The fourth-order valence-electron chi connectivity index (χ4n) is 3.39. The van der Waals surface area contributed by atoms with Crippen LogP contribution >= 0.6 is 0 Å². The highest BCUT2D eigenvalue weighted by atomic mass is 32.2. The molecule has 2 aromatic heterocycles. The number of aryl methyl sites for hydroxylation is 2. The predicted octanol–water partition coefficient (Wildman–Crippen LogP) is 1.25. The van der Waals surface area contributed by atoms with E-state index in [1.807, 2.05) is 30.3 Å². The first kappa shape index (κ1) is 16.8. The molecule has 3 aromatic rings. The van der Waals surface area contributed by atoms with Gasteiger partial charge in [-0.25, -0.2) is 13.1 Å². The average molecular weight is 373 g/mol. The highest BCUT2D eigenvalue weighted by molar-refractivity contribution is 7.89. The number of hydrogen-bond acceptors (Lipinski definition) is 4. The van der Waals surface area contributed by atoms with Gasteiger partial charge in [-0.15, -0.1) is 0 Å². The predicted molar refractivity (Wildman–Crippen MR) is 95.8 cm³/mol. The van der Waals surface area contributed by atoms with Gasteiger partial charge in [0.05, 0.1) is 22.6 Å². The molecular weight excluding hydrogens is 354 g/mol. The molecule has 0 atom stereocenters. The van der Waals surface area contributed by atoms with E-state index < -0.39 is 10.0 Å². The second-order valence-electron chi connectivity index (χ2n) is 6.40. The number of benzene rings is 1. The molecule has 26 heavy (non-hydrogen) atoms. The van der Waals surface area contributed by atoms with E-state index in [9.17, 15) is 13.2 Å². The smallest absolute Gasteiger partial charge is 0.276 e. The molecule has 0 aliphatic carbocycles. The second kappa shape index (κ2) is 5.96. The Bertz CT molecular complexity index is 1110. The summed E-state index contributed by atoms with van der Waals surface area (Å²) in [7, 11) is -3.72. The molecule has 1 aliphatic rings. The van der Waals surface area contributed by atoms with Crippen molar-refractivity contribution in [2.75, 3.05) is 6.54 Å². The van der Waals surface area contributed by atoms with Crippen LogP contribution in [-0.2, 0) is 23.0 Å². The lowest BCUT2D eigenvalue weighted by atomic mass is 10.1. The van der Waals surface area contributed by atoms with Crippen LogP contribution in [0.4, 0.5) is 0 Å². The highest BCUT2D eigenvalue weighted by Crippen LogP contribution is 2.26. The maximum atomic E-state index is 13.0. The van der Waals surface area contributed by atoms with Gasteiger partial charge in [0.2, 0.25) is 10.0 Å². The van der Waals surface area contributed by atoms with Gasteiger partial charge in [-0.05, 0) is 26.0 Å². The number of rotatable bonds is 3. The first-order valence-corrected chi connectivity index (χ1v) is 9.73. The van der Waals surface area contributed by atoms with E-state index in [4.69, 9.17) is 0 Å². The lowest BCUT2D eigenvalue weighted by Crippen LogP contribution is -2.38. The van der Waals surface area contributed by atoms with E-state index in [2.05, 4.69) is 15.3 Å². The summed E-state index contributed by atoms with van der Waals surface area (Å²) in [6.07, 6.45) is 0.458. The summed E-state index contributed by atoms with van der Waals surface area (Å²) < 4.78 is 28.9. The maximum Gasteiger partial charge on any atom is 0.276 e. The van der Waals surface area contributed by atoms with Crippen LogP contribution in [0.15, 0.2) is 40.0 Å². The van der Waals surface area contributed by atoms with Gasteiger partial charge in [0.1, 0.15) is 4.90 Å². The topological polar surface area (TPSA) is 104 Å². The van der Waals surface area contributed by atoms with Crippen molar-refractivity contribution in [3.05, 3.63) is 63.3 Å². The van der Waals surface area contributed by atoms with Gasteiger partial charge in [-0.3, -0.25) is 15.0 Å². The molecule has 0 amide bonds. The molecule has 0 saturated carbocycles. The molecule has 0 saturated heterocycles. The third kappa shape index (κ3) is 2.51. The van der Waals surface area contributed by atoms with Gasteiger partial charge in [-0.1, -0.05) is 18.2 Å². The van der Waals surface area contributed by atoms with Crippen LogP contribution in [0.5, 0.6) is 0 Å². The summed E-state index contributed by atoms with van der Waals surface area (Å²) in [5.41, 5.74) is 2.72. The Kier molecular flexibility index (Phi) is 3.85. The number of nitrogens with one attached hydrogen (secondary N) is 2. The Hall–Kier alpha value is -2.65. The lowest BCUT2D eigenvalue weighted by Gasteiger charge is -2.25. The molecule has 3 heterocycles. The van der Waals surface area contributed by atoms with E-state index in [0.717, 1.165) is 11.4 Å². The van der Waals surface area contributed by atoms with Crippen molar-refractivity contribution < 1.29 is 8.42 Å². The fraction of sp³-hybridized carbons (Fsp3) is 0.294. The molecule has 1 aromatic carbocycles. The van der Waals surface area contributed by atoms with Crippen molar-refractivity contribution in [1.29, 1.82) is 0 Å². The Balaban J connectivity index is 1.73. The van der Waals surface area contributed by atoms with Crippen LogP contribution in [0, 0.1) is 13.8 Å². The van der Waals surface area contributed by atoms with Crippen LogP contribution in [0.2, 0.25) is 0 Å². The fourth-order valence-corrected chi connectivity index (χ4v) is 5.13. The molecule has 8 nitrogen and oxygen atoms in total. The number of aromatic amines is 2. The van der Waals surface area contributed by atoms with Crippen molar-refractivity contribution in [3.63, 3.8) is 0 Å². The summed E-state index contributed by atoms with van der Waals surface area (Å²) in [5.74, 6) is 0. The van der Waals surface area contributed by atoms with Crippen molar-refractivity contribution in [3.8, 4) is 5.69 Å². The van der Waals surface area contributed by atoms with Gasteiger partial charge in [0.15, 0.2) is 0 Å². The minimum Gasteiger partial charge on any atom is -0.295 e. The molecule has 0 fully saturated rings. The van der Waals surface area contributed by atoms with E-state index in [1.165, 1.54) is 8.99 Å². The molecule has 136 valence electrons. The second-order valence-corrected chi connectivity index (χ2v) is 8.27. The Morgan fingerprint density at radius 1 is 1.15 bits per heavy atom. The van der Waals surface area contributed by atoms with Crippen molar-refractivity contribution in [2.24, 2.45) is 0 Å². The maximum absolute atomic E-state index is 13.0. The lowest BCUT2D eigenvalue weighted by molar-refractivity contribution is 0.388.